The maximum atomic E-state index is 12.0. The van der Waals surface area contributed by atoms with Crippen molar-refractivity contribution in [3.05, 3.63) is 6.20 Å². The zero-order valence-corrected chi connectivity index (χ0v) is 9.53. The van der Waals surface area contributed by atoms with E-state index in [1.54, 1.807) is 20.8 Å². The smallest absolute Gasteiger partial charge is 0.413 e. The van der Waals surface area contributed by atoms with Gasteiger partial charge in [0.2, 0.25) is 0 Å². The van der Waals surface area contributed by atoms with Gasteiger partial charge in [0.05, 0.1) is 12.7 Å². The highest BCUT2D eigenvalue weighted by molar-refractivity contribution is 5.83. The molecule has 0 aromatic carbocycles. The molecule has 6 nitrogen and oxygen atoms in total. The molecule has 0 atom stereocenters. The van der Waals surface area contributed by atoms with Gasteiger partial charge in [-0.15, -0.1) is 5.10 Å². The Morgan fingerprint density at radius 2 is 2.31 bits per heavy atom. The SMILES string of the molecule is CC(C)(C)OC(=O)Nc1cnn(CCF)n1. The van der Waals surface area contributed by atoms with Crippen LogP contribution in [0.15, 0.2) is 6.20 Å². The molecule has 1 heterocycles. The Morgan fingerprint density at radius 3 is 2.88 bits per heavy atom. The molecule has 7 heteroatoms. The van der Waals surface area contributed by atoms with Crippen molar-refractivity contribution in [2.45, 2.75) is 32.9 Å². The van der Waals surface area contributed by atoms with E-state index in [1.165, 1.54) is 6.20 Å². The number of rotatable bonds is 3. The largest absolute Gasteiger partial charge is 0.444 e. The van der Waals surface area contributed by atoms with Gasteiger partial charge in [0.25, 0.3) is 0 Å². The molecule has 16 heavy (non-hydrogen) atoms. The van der Waals surface area contributed by atoms with Crippen LogP contribution in [-0.4, -0.2) is 33.4 Å². The third kappa shape index (κ3) is 4.24. The van der Waals surface area contributed by atoms with E-state index in [4.69, 9.17) is 4.74 Å². The lowest BCUT2D eigenvalue weighted by Gasteiger charge is -2.18. The molecule has 0 radical (unpaired) electrons. The van der Waals surface area contributed by atoms with Crippen molar-refractivity contribution in [2.75, 3.05) is 12.0 Å². The number of hydrogen-bond acceptors (Lipinski definition) is 4. The number of carbonyl (C=O) groups excluding carboxylic acids is 1. The summed E-state index contributed by atoms with van der Waals surface area (Å²) in [7, 11) is 0. The average Bonchev–Trinajstić information content (AvgIpc) is 2.49. The molecule has 1 amide bonds. The van der Waals surface area contributed by atoms with E-state index in [0.29, 0.717) is 0 Å². The highest BCUT2D eigenvalue weighted by Crippen LogP contribution is 2.09. The Hall–Kier alpha value is -1.66. The fourth-order valence-electron chi connectivity index (χ4n) is 0.946. The van der Waals surface area contributed by atoms with Crippen LogP contribution in [0.4, 0.5) is 15.0 Å². The standard InChI is InChI=1S/C9H15FN4O2/c1-9(2,3)16-8(15)12-7-6-11-14(13-7)5-4-10/h6H,4-5H2,1-3H3,(H,12,13,15). The minimum absolute atomic E-state index is 0.0655. The molecule has 1 N–H and O–H groups in total. The van der Waals surface area contributed by atoms with Crippen LogP contribution in [0, 0.1) is 0 Å². The van der Waals surface area contributed by atoms with Crippen molar-refractivity contribution in [1.29, 1.82) is 0 Å². The number of halogens is 1. The first-order chi connectivity index (χ1) is 7.40. The quantitative estimate of drug-likeness (QED) is 0.856. The molecule has 0 unspecified atom stereocenters. The van der Waals surface area contributed by atoms with E-state index in [2.05, 4.69) is 15.5 Å². The number of hydrogen-bond donors (Lipinski definition) is 1. The van der Waals surface area contributed by atoms with E-state index < -0.39 is 18.4 Å². The van der Waals surface area contributed by atoms with Crippen molar-refractivity contribution in [1.82, 2.24) is 15.0 Å². The third-order valence-corrected chi connectivity index (χ3v) is 1.45. The number of ether oxygens (including phenoxy) is 1. The Kier molecular flexibility index (Phi) is 3.81. The number of anilines is 1. The summed E-state index contributed by atoms with van der Waals surface area (Å²) < 4.78 is 17.0. The van der Waals surface area contributed by atoms with Crippen molar-refractivity contribution >= 4 is 11.9 Å². The molecular formula is C9H15FN4O2. The third-order valence-electron chi connectivity index (χ3n) is 1.45. The fourth-order valence-corrected chi connectivity index (χ4v) is 0.946. The summed E-state index contributed by atoms with van der Waals surface area (Å²) in [5.41, 5.74) is -0.570. The topological polar surface area (TPSA) is 69.0 Å². The number of carbonyl (C=O) groups is 1. The monoisotopic (exact) mass is 230 g/mol. The van der Waals surface area contributed by atoms with Gasteiger partial charge in [-0.25, -0.2) is 9.18 Å². The summed E-state index contributed by atoms with van der Waals surface area (Å²) in [5.74, 6) is 0.239. The molecule has 0 aliphatic carbocycles. The second kappa shape index (κ2) is 4.91. The van der Waals surface area contributed by atoms with Crippen molar-refractivity contribution < 1.29 is 13.9 Å². The van der Waals surface area contributed by atoms with Gasteiger partial charge in [0.1, 0.15) is 12.3 Å². The van der Waals surface area contributed by atoms with Crippen LogP contribution in [-0.2, 0) is 11.3 Å². The van der Waals surface area contributed by atoms with Gasteiger partial charge >= 0.3 is 6.09 Å². The molecule has 0 bridgehead atoms. The van der Waals surface area contributed by atoms with Gasteiger partial charge in [-0.05, 0) is 20.8 Å². The number of nitrogens with one attached hydrogen (secondary N) is 1. The van der Waals surface area contributed by atoms with Gasteiger partial charge in [0, 0.05) is 0 Å². The minimum atomic E-state index is -0.611. The lowest BCUT2D eigenvalue weighted by atomic mass is 10.2. The van der Waals surface area contributed by atoms with E-state index in [9.17, 15) is 9.18 Å². The second-order valence-corrected chi connectivity index (χ2v) is 4.14. The molecular weight excluding hydrogens is 215 g/mol. The molecule has 0 saturated heterocycles. The molecule has 0 aliphatic rings. The summed E-state index contributed by atoms with van der Waals surface area (Å²) in [4.78, 5) is 12.5. The average molecular weight is 230 g/mol. The first-order valence-corrected chi connectivity index (χ1v) is 4.87. The maximum absolute atomic E-state index is 12.0. The fraction of sp³-hybridized carbons (Fsp3) is 0.667. The molecule has 0 aliphatic heterocycles. The van der Waals surface area contributed by atoms with Gasteiger partial charge in [0.15, 0.2) is 5.82 Å². The number of aromatic nitrogens is 3. The lowest BCUT2D eigenvalue weighted by molar-refractivity contribution is 0.0635. The zero-order valence-electron chi connectivity index (χ0n) is 9.53. The van der Waals surface area contributed by atoms with Crippen LogP contribution < -0.4 is 5.32 Å². The van der Waals surface area contributed by atoms with Gasteiger partial charge in [-0.2, -0.15) is 9.90 Å². The Morgan fingerprint density at radius 1 is 1.62 bits per heavy atom. The van der Waals surface area contributed by atoms with Crippen molar-refractivity contribution in [3.63, 3.8) is 0 Å². The molecule has 1 rings (SSSR count). The molecule has 90 valence electrons. The van der Waals surface area contributed by atoms with Crippen LogP contribution in [0.1, 0.15) is 20.8 Å². The predicted octanol–water partition coefficient (Wildman–Crippen LogP) is 1.59. The number of alkyl halides is 1. The van der Waals surface area contributed by atoms with E-state index in [-0.39, 0.29) is 12.4 Å². The van der Waals surface area contributed by atoms with E-state index in [1.807, 2.05) is 0 Å². The molecule has 0 saturated carbocycles. The Balaban J connectivity index is 2.50. The van der Waals surface area contributed by atoms with Crippen molar-refractivity contribution in [2.24, 2.45) is 0 Å². The maximum Gasteiger partial charge on any atom is 0.413 e. The number of amides is 1. The number of nitrogens with zero attached hydrogens (tertiary/aromatic N) is 3. The summed E-state index contributed by atoms with van der Waals surface area (Å²) in [5, 5.41) is 9.97. The van der Waals surface area contributed by atoms with Crippen LogP contribution in [0.2, 0.25) is 0 Å². The number of aryl methyl sites for hydroxylation is 1. The van der Waals surface area contributed by atoms with E-state index >= 15 is 0 Å². The van der Waals surface area contributed by atoms with Crippen molar-refractivity contribution in [3.8, 4) is 0 Å². The highest BCUT2D eigenvalue weighted by atomic mass is 19.1. The first kappa shape index (κ1) is 12.4. The Bertz CT molecular complexity index is 359. The van der Waals surface area contributed by atoms with Gasteiger partial charge in [-0.1, -0.05) is 0 Å². The zero-order chi connectivity index (χ0) is 12.2. The first-order valence-electron chi connectivity index (χ1n) is 4.87. The summed E-state index contributed by atoms with van der Waals surface area (Å²) in [6.07, 6.45) is 0.722. The molecule has 0 fully saturated rings. The summed E-state index contributed by atoms with van der Waals surface area (Å²) >= 11 is 0. The highest BCUT2D eigenvalue weighted by Gasteiger charge is 2.16. The molecule has 0 spiro atoms. The van der Waals surface area contributed by atoms with Crippen LogP contribution >= 0.6 is 0 Å². The second-order valence-electron chi connectivity index (χ2n) is 4.14. The predicted molar refractivity (Wildman–Crippen MR) is 55.9 cm³/mol. The van der Waals surface area contributed by atoms with Gasteiger partial charge in [-0.3, -0.25) is 5.32 Å². The Labute approximate surface area is 92.8 Å². The normalized spacial score (nSPS) is 11.2. The van der Waals surface area contributed by atoms with E-state index in [0.717, 1.165) is 4.80 Å². The molecule has 1 aromatic heterocycles. The molecule has 1 aromatic rings. The lowest BCUT2D eigenvalue weighted by Crippen LogP contribution is -2.27. The van der Waals surface area contributed by atoms with Crippen LogP contribution in [0.25, 0.3) is 0 Å². The summed E-state index contributed by atoms with van der Waals surface area (Å²) in [6.45, 7) is 4.78. The van der Waals surface area contributed by atoms with Crippen LogP contribution in [0.3, 0.4) is 0 Å². The summed E-state index contributed by atoms with van der Waals surface area (Å²) in [6, 6.07) is 0. The minimum Gasteiger partial charge on any atom is -0.444 e. The van der Waals surface area contributed by atoms with Gasteiger partial charge < -0.3 is 4.74 Å². The van der Waals surface area contributed by atoms with Crippen LogP contribution in [0.5, 0.6) is 0 Å².